The summed E-state index contributed by atoms with van der Waals surface area (Å²) in [5.74, 6) is 0. The van der Waals surface area contributed by atoms with Crippen LogP contribution < -0.4 is 5.32 Å². The van der Waals surface area contributed by atoms with E-state index in [0.29, 0.717) is 0 Å². The number of hydrogen-bond acceptors (Lipinski definition) is 3. The highest BCUT2D eigenvalue weighted by molar-refractivity contribution is 5.84. The molecule has 0 heterocycles. The van der Waals surface area contributed by atoms with Gasteiger partial charge in [0.15, 0.2) is 0 Å². The largest absolute Gasteiger partial charge is 0.445 e. The second-order valence-corrected chi connectivity index (χ2v) is 4.15. The first-order chi connectivity index (χ1) is 8.48. The van der Waals surface area contributed by atoms with Crippen molar-refractivity contribution in [2.75, 3.05) is 0 Å². The lowest BCUT2D eigenvalue weighted by Crippen LogP contribution is -2.50. The number of carbonyl (C=O) groups is 2. The fraction of sp³-hybridized carbons (Fsp3) is 0.385. The van der Waals surface area contributed by atoms with E-state index in [0.717, 1.165) is 5.56 Å². The van der Waals surface area contributed by atoms with Crippen LogP contribution >= 0.6 is 0 Å². The van der Waals surface area contributed by atoms with Crippen LogP contribution in [0.25, 0.3) is 0 Å². The Labute approximate surface area is 105 Å². The van der Waals surface area contributed by atoms with Gasteiger partial charge in [-0.15, -0.1) is 0 Å². The lowest BCUT2D eigenvalue weighted by atomic mass is 10.0. The molecule has 1 unspecified atom stereocenters. The Morgan fingerprint density at radius 2 is 1.94 bits per heavy atom. The Bertz CT molecular complexity index is 422. The standard InChI is InChI=1S/C13H16FNO3/c1-3-13(2,11(14)16)15-12(17)18-9-10-7-5-4-6-8-10/h4-8H,3,9H2,1-2H3,(H,15,17). The highest BCUT2D eigenvalue weighted by Gasteiger charge is 2.33. The molecule has 1 aromatic rings. The smallest absolute Gasteiger partial charge is 0.408 e. The maximum atomic E-state index is 12.8. The number of carbonyl (C=O) groups excluding carboxylic acids is 2. The Morgan fingerprint density at radius 3 is 2.44 bits per heavy atom. The van der Waals surface area contributed by atoms with Crippen molar-refractivity contribution in [2.45, 2.75) is 32.4 Å². The molecule has 18 heavy (non-hydrogen) atoms. The molecule has 1 aromatic carbocycles. The van der Waals surface area contributed by atoms with Crippen LogP contribution in [0.2, 0.25) is 0 Å². The van der Waals surface area contributed by atoms with Gasteiger partial charge in [0.05, 0.1) is 0 Å². The van der Waals surface area contributed by atoms with Crippen molar-refractivity contribution in [1.29, 1.82) is 0 Å². The van der Waals surface area contributed by atoms with Gasteiger partial charge in [-0.1, -0.05) is 37.3 Å². The van der Waals surface area contributed by atoms with Gasteiger partial charge in [-0.25, -0.2) is 4.79 Å². The molecule has 98 valence electrons. The molecule has 0 aromatic heterocycles. The average molecular weight is 253 g/mol. The molecule has 1 N–H and O–H groups in total. The highest BCUT2D eigenvalue weighted by Crippen LogP contribution is 2.12. The van der Waals surface area contributed by atoms with Crippen LogP contribution in [-0.2, 0) is 16.1 Å². The molecule has 1 rings (SSSR count). The maximum Gasteiger partial charge on any atom is 0.408 e. The lowest BCUT2D eigenvalue weighted by molar-refractivity contribution is -0.135. The molecular formula is C13H16FNO3. The van der Waals surface area contributed by atoms with Crippen LogP contribution in [-0.4, -0.2) is 17.7 Å². The number of hydrogen-bond donors (Lipinski definition) is 1. The zero-order chi connectivity index (χ0) is 13.6. The van der Waals surface area contributed by atoms with E-state index in [-0.39, 0.29) is 13.0 Å². The molecule has 1 amide bonds. The molecule has 0 aliphatic carbocycles. The molecule has 0 spiro atoms. The van der Waals surface area contributed by atoms with Crippen LogP contribution in [0.15, 0.2) is 30.3 Å². The SMILES string of the molecule is CCC(C)(NC(=O)OCc1ccccc1)C(=O)F. The summed E-state index contributed by atoms with van der Waals surface area (Å²) < 4.78 is 17.7. The van der Waals surface area contributed by atoms with Crippen molar-refractivity contribution < 1.29 is 18.7 Å². The normalized spacial score (nSPS) is 13.5. The van der Waals surface area contributed by atoms with Gasteiger partial charge in [0.2, 0.25) is 0 Å². The molecule has 0 bridgehead atoms. The molecule has 5 heteroatoms. The Hall–Kier alpha value is -1.91. The van der Waals surface area contributed by atoms with Gasteiger partial charge in [-0.3, -0.25) is 4.79 Å². The van der Waals surface area contributed by atoms with Gasteiger partial charge in [-0.05, 0) is 18.9 Å². The van der Waals surface area contributed by atoms with E-state index in [1.54, 1.807) is 19.1 Å². The van der Waals surface area contributed by atoms with Crippen LogP contribution in [0.3, 0.4) is 0 Å². The summed E-state index contributed by atoms with van der Waals surface area (Å²) >= 11 is 0. The summed E-state index contributed by atoms with van der Waals surface area (Å²) in [5, 5.41) is 2.23. The molecule has 1 atom stereocenters. The molecular weight excluding hydrogens is 237 g/mol. The molecule has 4 nitrogen and oxygen atoms in total. The minimum atomic E-state index is -1.58. The highest BCUT2D eigenvalue weighted by atomic mass is 19.1. The van der Waals surface area contributed by atoms with E-state index >= 15 is 0 Å². The second kappa shape index (κ2) is 6.14. The number of halogens is 1. The number of ether oxygens (including phenoxy) is 1. The van der Waals surface area contributed by atoms with Crippen LogP contribution in [0, 0.1) is 0 Å². The summed E-state index contributed by atoms with van der Waals surface area (Å²) in [6, 6.07) is 7.50. The maximum absolute atomic E-state index is 12.8. The third-order valence-corrected chi connectivity index (χ3v) is 2.73. The van der Waals surface area contributed by atoms with Crippen molar-refractivity contribution in [3.63, 3.8) is 0 Å². The quantitative estimate of drug-likeness (QED) is 0.820. The summed E-state index contributed by atoms with van der Waals surface area (Å²) in [5.41, 5.74) is -0.703. The summed E-state index contributed by atoms with van der Waals surface area (Å²) in [6.07, 6.45) is -0.655. The monoisotopic (exact) mass is 253 g/mol. The van der Waals surface area contributed by atoms with Crippen LogP contribution in [0.1, 0.15) is 25.8 Å². The minimum Gasteiger partial charge on any atom is -0.445 e. The van der Waals surface area contributed by atoms with Gasteiger partial charge in [0.1, 0.15) is 12.1 Å². The number of amides is 1. The summed E-state index contributed by atoms with van der Waals surface area (Å²) in [4.78, 5) is 22.2. The van der Waals surface area contributed by atoms with Gasteiger partial charge >= 0.3 is 12.1 Å². The van der Waals surface area contributed by atoms with E-state index in [1.807, 2.05) is 18.2 Å². The fourth-order valence-corrected chi connectivity index (χ4v) is 1.26. The predicted molar refractivity (Wildman–Crippen MR) is 64.6 cm³/mol. The summed E-state index contributed by atoms with van der Waals surface area (Å²) in [7, 11) is 0. The van der Waals surface area contributed by atoms with Crippen LogP contribution in [0.4, 0.5) is 9.18 Å². The molecule has 0 saturated heterocycles. The predicted octanol–water partition coefficient (Wildman–Crippen LogP) is 2.58. The number of rotatable bonds is 5. The van der Waals surface area contributed by atoms with E-state index in [9.17, 15) is 14.0 Å². The molecule has 0 fully saturated rings. The fourth-order valence-electron chi connectivity index (χ4n) is 1.26. The van der Waals surface area contributed by atoms with E-state index in [2.05, 4.69) is 5.32 Å². The first kappa shape index (κ1) is 14.2. The van der Waals surface area contributed by atoms with Gasteiger partial charge in [-0.2, -0.15) is 4.39 Å². The van der Waals surface area contributed by atoms with Crippen molar-refractivity contribution in [3.05, 3.63) is 35.9 Å². The van der Waals surface area contributed by atoms with Gasteiger partial charge < -0.3 is 10.1 Å². The Kier molecular flexibility index (Phi) is 4.83. The molecule has 0 aliphatic rings. The Morgan fingerprint density at radius 1 is 1.33 bits per heavy atom. The zero-order valence-electron chi connectivity index (χ0n) is 10.4. The number of alkyl carbamates (subject to hydrolysis) is 1. The topological polar surface area (TPSA) is 55.4 Å². The van der Waals surface area contributed by atoms with Gasteiger partial charge in [0.25, 0.3) is 0 Å². The van der Waals surface area contributed by atoms with Crippen molar-refractivity contribution in [1.82, 2.24) is 5.32 Å². The third kappa shape index (κ3) is 3.84. The molecule has 0 radical (unpaired) electrons. The average Bonchev–Trinajstić information content (AvgIpc) is 2.37. The minimum absolute atomic E-state index is 0.0763. The zero-order valence-corrected chi connectivity index (χ0v) is 10.4. The van der Waals surface area contributed by atoms with E-state index < -0.39 is 17.7 Å². The van der Waals surface area contributed by atoms with E-state index in [4.69, 9.17) is 4.74 Å². The molecule has 0 saturated carbocycles. The van der Waals surface area contributed by atoms with Gasteiger partial charge in [0, 0.05) is 0 Å². The van der Waals surface area contributed by atoms with Crippen molar-refractivity contribution in [2.24, 2.45) is 0 Å². The number of nitrogens with one attached hydrogen (secondary N) is 1. The molecule has 0 aliphatic heterocycles. The van der Waals surface area contributed by atoms with Crippen molar-refractivity contribution in [3.8, 4) is 0 Å². The second-order valence-electron chi connectivity index (χ2n) is 4.15. The van der Waals surface area contributed by atoms with Crippen LogP contribution in [0.5, 0.6) is 0 Å². The Balaban J connectivity index is 2.49. The first-order valence-electron chi connectivity index (χ1n) is 5.66. The number of benzene rings is 1. The van der Waals surface area contributed by atoms with Crippen molar-refractivity contribution >= 4 is 12.1 Å². The first-order valence-corrected chi connectivity index (χ1v) is 5.66. The van der Waals surface area contributed by atoms with E-state index in [1.165, 1.54) is 6.92 Å². The lowest BCUT2D eigenvalue weighted by Gasteiger charge is -2.23. The third-order valence-electron chi connectivity index (χ3n) is 2.73. The summed E-state index contributed by atoms with van der Waals surface area (Å²) in [6.45, 7) is 3.00.